The number of hydrogen-bond donors (Lipinski definition) is 2. The van der Waals surface area contributed by atoms with Crippen LogP contribution in [-0.2, 0) is 9.53 Å². The quantitative estimate of drug-likeness (QED) is 0.811. The highest BCUT2D eigenvalue weighted by Gasteiger charge is 2.30. The summed E-state index contributed by atoms with van der Waals surface area (Å²) in [5.41, 5.74) is 2.05. The van der Waals surface area contributed by atoms with Gasteiger partial charge in [-0.05, 0) is 25.3 Å². The standard InChI is InChI=1S/C20H23N3O3/c1-4-26-19(24)18-13(2)21-20(25)22-16(18)12-23(3)17-11-7-9-14-8-5-6-10-15(14)17/h5-11,13H,4,12H2,1-3H3,(H2,21,22,25). The van der Waals surface area contributed by atoms with Crippen LogP contribution in [0.4, 0.5) is 10.5 Å². The summed E-state index contributed by atoms with van der Waals surface area (Å²) in [6.07, 6.45) is 0. The number of rotatable bonds is 5. The molecule has 1 heterocycles. The SMILES string of the molecule is CCOC(=O)C1=C(CN(C)c2cccc3ccccc23)NC(=O)NC1C. The molecule has 0 saturated carbocycles. The van der Waals surface area contributed by atoms with Gasteiger partial charge in [-0.3, -0.25) is 0 Å². The summed E-state index contributed by atoms with van der Waals surface area (Å²) in [7, 11) is 1.94. The summed E-state index contributed by atoms with van der Waals surface area (Å²) in [6, 6.07) is 13.5. The van der Waals surface area contributed by atoms with E-state index in [1.165, 1.54) is 0 Å². The zero-order valence-corrected chi connectivity index (χ0v) is 15.2. The minimum Gasteiger partial charge on any atom is -0.463 e. The number of urea groups is 1. The van der Waals surface area contributed by atoms with Crippen molar-refractivity contribution in [3.63, 3.8) is 0 Å². The predicted molar refractivity (Wildman–Crippen MR) is 102 cm³/mol. The Hall–Kier alpha value is -3.02. The van der Waals surface area contributed by atoms with E-state index < -0.39 is 12.0 Å². The van der Waals surface area contributed by atoms with Crippen molar-refractivity contribution < 1.29 is 14.3 Å². The van der Waals surface area contributed by atoms with Gasteiger partial charge in [-0.2, -0.15) is 0 Å². The molecule has 0 saturated heterocycles. The lowest BCUT2D eigenvalue weighted by atomic mass is 10.0. The smallest absolute Gasteiger partial charge is 0.337 e. The molecule has 2 aromatic carbocycles. The van der Waals surface area contributed by atoms with Crippen LogP contribution in [0.15, 0.2) is 53.7 Å². The average molecular weight is 353 g/mol. The van der Waals surface area contributed by atoms with E-state index in [0.29, 0.717) is 17.8 Å². The van der Waals surface area contributed by atoms with Crippen molar-refractivity contribution >= 4 is 28.5 Å². The lowest BCUT2D eigenvalue weighted by Gasteiger charge is -2.30. The molecule has 0 aromatic heterocycles. The van der Waals surface area contributed by atoms with Crippen LogP contribution in [-0.4, -0.2) is 38.2 Å². The fraction of sp³-hybridized carbons (Fsp3) is 0.300. The second kappa shape index (κ2) is 7.47. The Balaban J connectivity index is 1.96. The summed E-state index contributed by atoms with van der Waals surface area (Å²) in [5.74, 6) is -0.409. The van der Waals surface area contributed by atoms with Crippen molar-refractivity contribution in [3.05, 3.63) is 53.7 Å². The number of hydrogen-bond acceptors (Lipinski definition) is 4. The Labute approximate surface area is 152 Å². The molecule has 0 fully saturated rings. The maximum absolute atomic E-state index is 12.4. The highest BCUT2D eigenvalue weighted by Crippen LogP contribution is 2.27. The second-order valence-electron chi connectivity index (χ2n) is 6.29. The van der Waals surface area contributed by atoms with Gasteiger partial charge in [0.25, 0.3) is 0 Å². The summed E-state index contributed by atoms with van der Waals surface area (Å²) < 4.78 is 5.17. The number of nitrogens with one attached hydrogen (secondary N) is 2. The van der Waals surface area contributed by atoms with Crippen LogP contribution >= 0.6 is 0 Å². The van der Waals surface area contributed by atoms with E-state index in [1.807, 2.05) is 36.2 Å². The van der Waals surface area contributed by atoms with E-state index in [4.69, 9.17) is 4.74 Å². The molecule has 2 N–H and O–H groups in total. The van der Waals surface area contributed by atoms with Gasteiger partial charge in [0.1, 0.15) is 0 Å². The number of nitrogens with zero attached hydrogens (tertiary/aromatic N) is 1. The number of ether oxygens (including phenoxy) is 1. The summed E-state index contributed by atoms with van der Waals surface area (Å²) in [4.78, 5) is 26.3. The first-order valence-electron chi connectivity index (χ1n) is 8.67. The van der Waals surface area contributed by atoms with Crippen molar-refractivity contribution in [3.8, 4) is 0 Å². The molecular formula is C20H23N3O3. The fourth-order valence-electron chi connectivity index (χ4n) is 3.27. The molecule has 0 radical (unpaired) electrons. The van der Waals surface area contributed by atoms with Gasteiger partial charge in [-0.1, -0.05) is 36.4 Å². The molecular weight excluding hydrogens is 330 g/mol. The van der Waals surface area contributed by atoms with Crippen LogP contribution in [0.2, 0.25) is 0 Å². The number of carbonyl (C=O) groups excluding carboxylic acids is 2. The van der Waals surface area contributed by atoms with Gasteiger partial charge in [0.15, 0.2) is 0 Å². The second-order valence-corrected chi connectivity index (χ2v) is 6.29. The first-order chi connectivity index (χ1) is 12.5. The lowest BCUT2D eigenvalue weighted by molar-refractivity contribution is -0.138. The van der Waals surface area contributed by atoms with E-state index in [9.17, 15) is 9.59 Å². The van der Waals surface area contributed by atoms with E-state index in [1.54, 1.807) is 13.8 Å². The number of carbonyl (C=O) groups is 2. The minimum absolute atomic E-state index is 0.287. The molecule has 3 rings (SSSR count). The topological polar surface area (TPSA) is 70.7 Å². The van der Waals surface area contributed by atoms with Crippen molar-refractivity contribution in [2.75, 3.05) is 25.1 Å². The number of benzene rings is 2. The first-order valence-corrected chi connectivity index (χ1v) is 8.67. The number of esters is 1. The van der Waals surface area contributed by atoms with Crippen molar-refractivity contribution in [1.82, 2.24) is 10.6 Å². The Bertz CT molecular complexity index is 870. The fourth-order valence-corrected chi connectivity index (χ4v) is 3.27. The van der Waals surface area contributed by atoms with Crippen molar-refractivity contribution in [1.29, 1.82) is 0 Å². The van der Waals surface area contributed by atoms with E-state index in [-0.39, 0.29) is 12.6 Å². The maximum atomic E-state index is 12.4. The van der Waals surface area contributed by atoms with Gasteiger partial charge in [0.2, 0.25) is 0 Å². The van der Waals surface area contributed by atoms with E-state index >= 15 is 0 Å². The summed E-state index contributed by atoms with van der Waals surface area (Å²) in [6.45, 7) is 4.22. The number of amides is 2. The van der Waals surface area contributed by atoms with Gasteiger partial charge in [0.05, 0.1) is 30.5 Å². The lowest BCUT2D eigenvalue weighted by Crippen LogP contribution is -2.51. The Morgan fingerprint density at radius 1 is 1.19 bits per heavy atom. The van der Waals surface area contributed by atoms with Crippen LogP contribution in [0.1, 0.15) is 13.8 Å². The highest BCUT2D eigenvalue weighted by molar-refractivity contribution is 5.96. The summed E-state index contributed by atoms with van der Waals surface area (Å²) in [5, 5.41) is 7.74. The van der Waals surface area contributed by atoms with Crippen LogP contribution in [0, 0.1) is 0 Å². The average Bonchev–Trinajstić information content (AvgIpc) is 2.60. The zero-order chi connectivity index (χ0) is 18.7. The molecule has 1 aliphatic heterocycles. The van der Waals surface area contributed by atoms with Crippen LogP contribution in [0.5, 0.6) is 0 Å². The van der Waals surface area contributed by atoms with Gasteiger partial charge < -0.3 is 20.3 Å². The molecule has 1 atom stereocenters. The Morgan fingerprint density at radius 3 is 2.69 bits per heavy atom. The third-order valence-corrected chi connectivity index (χ3v) is 4.44. The van der Waals surface area contributed by atoms with Gasteiger partial charge in [0, 0.05) is 18.1 Å². The molecule has 0 bridgehead atoms. The van der Waals surface area contributed by atoms with E-state index in [2.05, 4.69) is 28.8 Å². The molecule has 26 heavy (non-hydrogen) atoms. The normalized spacial score (nSPS) is 16.9. The largest absolute Gasteiger partial charge is 0.463 e. The Morgan fingerprint density at radius 2 is 1.92 bits per heavy atom. The summed E-state index contributed by atoms with van der Waals surface area (Å²) >= 11 is 0. The molecule has 6 heteroatoms. The predicted octanol–water partition coefficient (Wildman–Crippen LogP) is 2.79. The molecule has 1 unspecified atom stereocenters. The van der Waals surface area contributed by atoms with Crippen molar-refractivity contribution in [2.45, 2.75) is 19.9 Å². The maximum Gasteiger partial charge on any atom is 0.337 e. The molecule has 1 aliphatic rings. The highest BCUT2D eigenvalue weighted by atomic mass is 16.5. The third kappa shape index (κ3) is 3.49. The third-order valence-electron chi connectivity index (χ3n) is 4.44. The minimum atomic E-state index is -0.409. The number of anilines is 1. The zero-order valence-electron chi connectivity index (χ0n) is 15.2. The van der Waals surface area contributed by atoms with Gasteiger partial charge >= 0.3 is 12.0 Å². The van der Waals surface area contributed by atoms with Crippen LogP contribution in [0.25, 0.3) is 10.8 Å². The number of fused-ring (bicyclic) bond motifs is 1. The Kier molecular flexibility index (Phi) is 5.11. The van der Waals surface area contributed by atoms with Crippen molar-refractivity contribution in [2.24, 2.45) is 0 Å². The molecule has 0 spiro atoms. The molecule has 136 valence electrons. The number of likely N-dealkylation sites (N-methyl/N-ethyl adjacent to an activating group) is 1. The molecule has 0 aliphatic carbocycles. The monoisotopic (exact) mass is 353 g/mol. The van der Waals surface area contributed by atoms with E-state index in [0.717, 1.165) is 16.5 Å². The molecule has 2 aromatic rings. The van der Waals surface area contributed by atoms with Crippen LogP contribution < -0.4 is 15.5 Å². The van der Waals surface area contributed by atoms with Crippen LogP contribution in [0.3, 0.4) is 0 Å². The first kappa shape index (κ1) is 17.8. The molecule has 6 nitrogen and oxygen atoms in total. The van der Waals surface area contributed by atoms with Gasteiger partial charge in [-0.15, -0.1) is 0 Å². The molecule has 2 amide bonds. The van der Waals surface area contributed by atoms with Gasteiger partial charge in [-0.25, -0.2) is 9.59 Å².